The van der Waals surface area contributed by atoms with E-state index in [-0.39, 0.29) is 12.3 Å². The molecule has 1 rings (SSSR count). The summed E-state index contributed by atoms with van der Waals surface area (Å²) in [5.41, 5.74) is 2.83. The Morgan fingerprint density at radius 1 is 1.24 bits per heavy atom. The van der Waals surface area contributed by atoms with Gasteiger partial charge in [0.25, 0.3) is 5.91 Å². The second-order valence-electron chi connectivity index (χ2n) is 4.05. The van der Waals surface area contributed by atoms with Gasteiger partial charge in [0.2, 0.25) is 0 Å². The Balaban J connectivity index is 2.47. The molecule has 4 nitrogen and oxygen atoms in total. The maximum absolute atomic E-state index is 11.7. The van der Waals surface area contributed by atoms with Crippen molar-refractivity contribution in [1.82, 2.24) is 5.32 Å². The van der Waals surface area contributed by atoms with Crippen molar-refractivity contribution in [2.24, 2.45) is 0 Å². The summed E-state index contributed by atoms with van der Waals surface area (Å²) in [4.78, 5) is 22.0. The molecule has 0 fully saturated rings. The van der Waals surface area contributed by atoms with E-state index in [0.717, 1.165) is 11.1 Å². The van der Waals surface area contributed by atoms with Crippen LogP contribution in [0.3, 0.4) is 0 Å². The van der Waals surface area contributed by atoms with E-state index in [4.69, 9.17) is 5.11 Å². The predicted octanol–water partition coefficient (Wildman–Crippen LogP) is 1.90. The third-order valence-corrected chi connectivity index (χ3v) is 2.62. The Labute approximate surface area is 101 Å². The van der Waals surface area contributed by atoms with Crippen molar-refractivity contribution in [3.05, 3.63) is 34.9 Å². The molecule has 2 N–H and O–H groups in total. The minimum absolute atomic E-state index is 0.0766. The summed E-state index contributed by atoms with van der Waals surface area (Å²) in [6.45, 7) is 4.33. The molecular formula is C13H17NO3. The molecule has 1 aromatic rings. The van der Waals surface area contributed by atoms with Crippen molar-refractivity contribution in [2.75, 3.05) is 6.54 Å². The van der Waals surface area contributed by atoms with Gasteiger partial charge >= 0.3 is 5.97 Å². The maximum atomic E-state index is 11.7. The summed E-state index contributed by atoms with van der Waals surface area (Å²) in [6.07, 6.45) is 0.527. The van der Waals surface area contributed by atoms with Crippen LogP contribution >= 0.6 is 0 Å². The first-order valence-corrected chi connectivity index (χ1v) is 5.58. The largest absolute Gasteiger partial charge is 0.481 e. The second kappa shape index (κ2) is 6.03. The van der Waals surface area contributed by atoms with E-state index in [1.807, 2.05) is 26.0 Å². The van der Waals surface area contributed by atoms with Crippen LogP contribution in [0.2, 0.25) is 0 Å². The van der Waals surface area contributed by atoms with E-state index < -0.39 is 5.97 Å². The number of nitrogens with one attached hydrogen (secondary N) is 1. The first-order valence-electron chi connectivity index (χ1n) is 5.58. The van der Waals surface area contributed by atoms with Crippen LogP contribution in [-0.4, -0.2) is 23.5 Å². The molecule has 0 saturated heterocycles. The third kappa shape index (κ3) is 4.26. The lowest BCUT2D eigenvalue weighted by atomic mass is 10.1. The van der Waals surface area contributed by atoms with Crippen LogP contribution in [-0.2, 0) is 4.79 Å². The number of benzene rings is 1. The van der Waals surface area contributed by atoms with Crippen LogP contribution < -0.4 is 5.32 Å². The number of aryl methyl sites for hydroxylation is 2. The van der Waals surface area contributed by atoms with Crippen molar-refractivity contribution in [2.45, 2.75) is 26.7 Å². The van der Waals surface area contributed by atoms with Gasteiger partial charge < -0.3 is 10.4 Å². The highest BCUT2D eigenvalue weighted by molar-refractivity contribution is 5.94. The summed E-state index contributed by atoms with van der Waals surface area (Å²) in [7, 11) is 0. The molecule has 0 aliphatic rings. The molecule has 0 aliphatic carbocycles. The van der Waals surface area contributed by atoms with Gasteiger partial charge in [0.1, 0.15) is 0 Å². The van der Waals surface area contributed by atoms with Crippen LogP contribution in [0.5, 0.6) is 0 Å². The van der Waals surface area contributed by atoms with E-state index in [2.05, 4.69) is 5.32 Å². The molecule has 0 radical (unpaired) electrons. The fraction of sp³-hybridized carbons (Fsp3) is 0.385. The molecule has 0 spiro atoms. The van der Waals surface area contributed by atoms with Gasteiger partial charge in [-0.05, 0) is 43.5 Å². The minimum Gasteiger partial charge on any atom is -0.481 e. The molecule has 0 unspecified atom stereocenters. The van der Waals surface area contributed by atoms with Crippen molar-refractivity contribution in [1.29, 1.82) is 0 Å². The van der Waals surface area contributed by atoms with Crippen LogP contribution in [0.4, 0.5) is 0 Å². The zero-order chi connectivity index (χ0) is 12.8. The molecular weight excluding hydrogens is 218 g/mol. The van der Waals surface area contributed by atoms with Crippen molar-refractivity contribution in [3.63, 3.8) is 0 Å². The Hall–Kier alpha value is -1.84. The number of carboxylic acids is 1. The molecule has 0 saturated carbocycles. The third-order valence-electron chi connectivity index (χ3n) is 2.62. The van der Waals surface area contributed by atoms with Gasteiger partial charge in [-0.2, -0.15) is 0 Å². The standard InChI is InChI=1S/C13H17NO3/c1-9-5-6-11(8-10(9)2)13(17)14-7-3-4-12(15)16/h5-6,8H,3-4,7H2,1-2H3,(H,14,17)(H,15,16). The van der Waals surface area contributed by atoms with Crippen LogP contribution in [0, 0.1) is 13.8 Å². The molecule has 92 valence electrons. The lowest BCUT2D eigenvalue weighted by Crippen LogP contribution is -2.24. The second-order valence-corrected chi connectivity index (χ2v) is 4.05. The normalized spacial score (nSPS) is 10.0. The lowest BCUT2D eigenvalue weighted by molar-refractivity contribution is -0.137. The smallest absolute Gasteiger partial charge is 0.303 e. The molecule has 0 aromatic heterocycles. The highest BCUT2D eigenvalue weighted by Gasteiger charge is 2.06. The lowest BCUT2D eigenvalue weighted by Gasteiger charge is -2.06. The van der Waals surface area contributed by atoms with Crippen molar-refractivity contribution in [3.8, 4) is 0 Å². The molecule has 4 heteroatoms. The molecule has 0 bridgehead atoms. The Morgan fingerprint density at radius 2 is 1.94 bits per heavy atom. The van der Waals surface area contributed by atoms with Gasteiger partial charge in [0.05, 0.1) is 0 Å². The van der Waals surface area contributed by atoms with E-state index in [1.54, 1.807) is 6.07 Å². The number of aliphatic carboxylic acids is 1. The molecule has 1 aromatic carbocycles. The zero-order valence-electron chi connectivity index (χ0n) is 10.1. The molecule has 17 heavy (non-hydrogen) atoms. The van der Waals surface area contributed by atoms with Crippen molar-refractivity contribution >= 4 is 11.9 Å². The number of hydrogen-bond donors (Lipinski definition) is 2. The molecule has 0 aliphatic heterocycles. The quantitative estimate of drug-likeness (QED) is 0.766. The highest BCUT2D eigenvalue weighted by atomic mass is 16.4. The van der Waals surface area contributed by atoms with Crippen molar-refractivity contribution < 1.29 is 14.7 Å². The maximum Gasteiger partial charge on any atom is 0.303 e. The Bertz CT molecular complexity index is 427. The van der Waals surface area contributed by atoms with Crippen LogP contribution in [0.25, 0.3) is 0 Å². The Kier molecular flexibility index (Phi) is 4.69. The number of amides is 1. The highest BCUT2D eigenvalue weighted by Crippen LogP contribution is 2.09. The van der Waals surface area contributed by atoms with Crippen LogP contribution in [0.1, 0.15) is 34.3 Å². The first-order chi connectivity index (χ1) is 8.00. The minimum atomic E-state index is -0.842. The predicted molar refractivity (Wildman–Crippen MR) is 65.1 cm³/mol. The van der Waals surface area contributed by atoms with Gasteiger partial charge in [-0.15, -0.1) is 0 Å². The number of rotatable bonds is 5. The fourth-order valence-electron chi connectivity index (χ4n) is 1.43. The summed E-state index contributed by atoms with van der Waals surface area (Å²) in [6, 6.07) is 5.51. The van der Waals surface area contributed by atoms with Crippen LogP contribution in [0.15, 0.2) is 18.2 Å². The Morgan fingerprint density at radius 3 is 2.53 bits per heavy atom. The summed E-state index contributed by atoms with van der Waals surface area (Å²) < 4.78 is 0. The average molecular weight is 235 g/mol. The first kappa shape index (κ1) is 13.2. The molecule has 0 atom stereocenters. The number of carbonyl (C=O) groups is 2. The fourth-order valence-corrected chi connectivity index (χ4v) is 1.43. The topological polar surface area (TPSA) is 66.4 Å². The van der Waals surface area contributed by atoms with E-state index in [9.17, 15) is 9.59 Å². The summed E-state index contributed by atoms with van der Waals surface area (Å²) >= 11 is 0. The monoisotopic (exact) mass is 235 g/mol. The molecule has 1 amide bonds. The summed E-state index contributed by atoms with van der Waals surface area (Å²) in [5, 5.41) is 11.1. The van der Waals surface area contributed by atoms with Gasteiger partial charge in [-0.1, -0.05) is 6.07 Å². The zero-order valence-corrected chi connectivity index (χ0v) is 10.1. The van der Waals surface area contributed by atoms with Gasteiger partial charge in [0, 0.05) is 18.5 Å². The SMILES string of the molecule is Cc1ccc(C(=O)NCCCC(=O)O)cc1C. The van der Waals surface area contributed by atoms with E-state index >= 15 is 0 Å². The van der Waals surface area contributed by atoms with Gasteiger partial charge in [0.15, 0.2) is 0 Å². The summed E-state index contributed by atoms with van der Waals surface area (Å²) in [5.74, 6) is -0.996. The van der Waals surface area contributed by atoms with Gasteiger partial charge in [-0.25, -0.2) is 0 Å². The van der Waals surface area contributed by atoms with E-state index in [1.165, 1.54) is 0 Å². The molecule has 0 heterocycles. The van der Waals surface area contributed by atoms with Gasteiger partial charge in [-0.3, -0.25) is 9.59 Å². The number of hydrogen-bond acceptors (Lipinski definition) is 2. The number of carbonyl (C=O) groups excluding carboxylic acids is 1. The number of carboxylic acid groups (broad SMARTS) is 1. The van der Waals surface area contributed by atoms with E-state index in [0.29, 0.717) is 18.5 Å². The average Bonchev–Trinajstić information content (AvgIpc) is 2.27.